The van der Waals surface area contributed by atoms with Gasteiger partial charge in [-0.1, -0.05) is 22.9 Å². The molecule has 2 rings (SSSR count). The number of rotatable bonds is 4. The topological polar surface area (TPSA) is 80.0 Å². The monoisotopic (exact) mass is 436 g/mol. The van der Waals surface area contributed by atoms with Gasteiger partial charge in [-0.15, -0.1) is 0 Å². The molecule has 0 spiro atoms. The molecule has 4 N–H and O–H groups in total. The molecule has 0 unspecified atom stereocenters. The van der Waals surface area contributed by atoms with Crippen LogP contribution in [0.5, 0.6) is 0 Å². The van der Waals surface area contributed by atoms with E-state index in [1.165, 1.54) is 11.3 Å². The van der Waals surface area contributed by atoms with Crippen molar-refractivity contribution in [3.05, 3.63) is 31.7 Å². The highest BCUT2D eigenvalue weighted by Crippen LogP contribution is 2.28. The molecule has 0 bridgehead atoms. The van der Waals surface area contributed by atoms with Crippen LogP contribution in [0.15, 0.2) is 18.2 Å². The third-order valence-electron chi connectivity index (χ3n) is 2.45. The number of aromatic nitrogens is 1. The molecule has 1 aromatic heterocycles. The number of thiazole rings is 1. The molecule has 0 radical (unpaired) electrons. The summed E-state index contributed by atoms with van der Waals surface area (Å²) >= 11 is 9.24. The smallest absolute Gasteiger partial charge is 0.269 e. The van der Waals surface area contributed by atoms with Gasteiger partial charge in [-0.25, -0.2) is 4.98 Å². The van der Waals surface area contributed by atoms with Crippen LogP contribution in [0.1, 0.15) is 23.5 Å². The first-order chi connectivity index (χ1) is 9.86. The van der Waals surface area contributed by atoms with Gasteiger partial charge < -0.3 is 16.4 Å². The first-order valence-corrected chi connectivity index (χ1v) is 8.43. The van der Waals surface area contributed by atoms with Crippen molar-refractivity contribution < 1.29 is 4.79 Å². The number of hydrogen-bond donors (Lipinski definition) is 3. The molecule has 2 aromatic rings. The molecule has 1 amide bonds. The van der Waals surface area contributed by atoms with Crippen LogP contribution in [0.2, 0.25) is 5.02 Å². The van der Waals surface area contributed by atoms with Crippen LogP contribution in [0.4, 0.5) is 16.6 Å². The van der Waals surface area contributed by atoms with E-state index >= 15 is 0 Å². The van der Waals surface area contributed by atoms with E-state index in [0.717, 1.165) is 3.57 Å². The van der Waals surface area contributed by atoms with Crippen LogP contribution in [-0.2, 0) is 0 Å². The lowest BCUT2D eigenvalue weighted by Crippen LogP contribution is -2.13. The highest BCUT2D eigenvalue weighted by atomic mass is 127. The quantitative estimate of drug-likeness (QED) is 0.632. The highest BCUT2D eigenvalue weighted by molar-refractivity contribution is 14.1. The van der Waals surface area contributed by atoms with Gasteiger partial charge in [0.05, 0.1) is 5.69 Å². The molecular formula is C13H14ClIN4OS. The fraction of sp³-hybridized carbons (Fsp3) is 0.231. The Morgan fingerprint density at radius 1 is 1.48 bits per heavy atom. The van der Waals surface area contributed by atoms with Crippen molar-refractivity contribution in [2.45, 2.75) is 19.9 Å². The Bertz CT molecular complexity index is 674. The lowest BCUT2D eigenvalue weighted by Gasteiger charge is -2.06. The second-order valence-corrected chi connectivity index (χ2v) is 7.21. The van der Waals surface area contributed by atoms with Crippen molar-refractivity contribution in [3.8, 4) is 0 Å². The molecule has 1 heterocycles. The van der Waals surface area contributed by atoms with E-state index in [9.17, 15) is 4.79 Å². The maximum atomic E-state index is 12.3. The van der Waals surface area contributed by atoms with Gasteiger partial charge in [-0.2, -0.15) is 0 Å². The number of nitrogens with one attached hydrogen (secondary N) is 2. The zero-order valence-electron chi connectivity index (χ0n) is 11.4. The van der Waals surface area contributed by atoms with Crippen LogP contribution >= 0.6 is 45.5 Å². The minimum atomic E-state index is -0.276. The van der Waals surface area contributed by atoms with E-state index in [0.29, 0.717) is 20.7 Å². The number of carbonyl (C=O) groups is 1. The van der Waals surface area contributed by atoms with Gasteiger partial charge in [0.15, 0.2) is 5.13 Å². The van der Waals surface area contributed by atoms with E-state index in [4.69, 9.17) is 17.3 Å². The van der Waals surface area contributed by atoms with Crippen molar-refractivity contribution in [2.75, 3.05) is 16.4 Å². The highest BCUT2D eigenvalue weighted by Gasteiger charge is 2.17. The standard InChI is InChI=1S/C13H14ClIN4OS/c1-6(2)17-13-19-11(16)10(21-13)12(20)18-9-4-3-7(14)5-8(9)15/h3-6H,16H2,1-2H3,(H,17,19)(H,18,20). The van der Waals surface area contributed by atoms with Gasteiger partial charge in [-0.05, 0) is 54.6 Å². The fourth-order valence-electron chi connectivity index (χ4n) is 1.57. The number of anilines is 3. The lowest BCUT2D eigenvalue weighted by atomic mass is 10.3. The SMILES string of the molecule is CC(C)Nc1nc(N)c(C(=O)Nc2ccc(Cl)cc2I)s1. The Kier molecular flexibility index (Phi) is 5.28. The summed E-state index contributed by atoms with van der Waals surface area (Å²) in [6.45, 7) is 3.99. The number of nitrogen functional groups attached to an aromatic ring is 1. The van der Waals surface area contributed by atoms with Crippen molar-refractivity contribution >= 4 is 68.1 Å². The molecule has 0 saturated heterocycles. The largest absolute Gasteiger partial charge is 0.382 e. The third-order valence-corrected chi connectivity index (χ3v) is 4.58. The predicted octanol–water partition coefficient (Wildman–Crippen LogP) is 4.06. The number of halogens is 2. The third kappa shape index (κ3) is 4.21. The van der Waals surface area contributed by atoms with Crippen LogP contribution in [-0.4, -0.2) is 16.9 Å². The Hall–Kier alpha value is -1.06. The van der Waals surface area contributed by atoms with Crippen LogP contribution in [0, 0.1) is 3.57 Å². The maximum Gasteiger partial charge on any atom is 0.269 e. The fourth-order valence-corrected chi connectivity index (χ4v) is 3.51. The molecule has 0 aliphatic carbocycles. The van der Waals surface area contributed by atoms with Crippen LogP contribution < -0.4 is 16.4 Å². The summed E-state index contributed by atoms with van der Waals surface area (Å²) in [4.78, 5) is 16.8. The summed E-state index contributed by atoms with van der Waals surface area (Å²) < 4.78 is 0.858. The average molecular weight is 437 g/mol. The molecular weight excluding hydrogens is 423 g/mol. The normalized spacial score (nSPS) is 10.7. The molecule has 5 nitrogen and oxygen atoms in total. The first-order valence-electron chi connectivity index (χ1n) is 6.16. The maximum absolute atomic E-state index is 12.3. The zero-order chi connectivity index (χ0) is 15.6. The van der Waals surface area contributed by atoms with Crippen LogP contribution in [0.25, 0.3) is 0 Å². The number of benzene rings is 1. The summed E-state index contributed by atoms with van der Waals surface area (Å²) in [5.74, 6) is -0.0494. The average Bonchev–Trinajstić information content (AvgIpc) is 2.72. The van der Waals surface area contributed by atoms with Crippen molar-refractivity contribution in [2.24, 2.45) is 0 Å². The van der Waals surface area contributed by atoms with Gasteiger partial charge in [0, 0.05) is 14.6 Å². The number of carbonyl (C=O) groups excluding carboxylic acids is 1. The number of hydrogen-bond acceptors (Lipinski definition) is 5. The number of nitrogens with two attached hydrogens (primary N) is 1. The summed E-state index contributed by atoms with van der Waals surface area (Å²) in [5.41, 5.74) is 6.50. The zero-order valence-corrected chi connectivity index (χ0v) is 15.1. The second-order valence-electron chi connectivity index (χ2n) is 4.61. The molecule has 0 atom stereocenters. The summed E-state index contributed by atoms with van der Waals surface area (Å²) in [5, 5.41) is 7.21. The van der Waals surface area contributed by atoms with Crippen LogP contribution in [0.3, 0.4) is 0 Å². The van der Waals surface area contributed by atoms with Gasteiger partial charge in [0.25, 0.3) is 5.91 Å². The predicted molar refractivity (Wildman–Crippen MR) is 97.4 cm³/mol. The number of amides is 1. The summed E-state index contributed by atoms with van der Waals surface area (Å²) in [6.07, 6.45) is 0. The Morgan fingerprint density at radius 2 is 2.19 bits per heavy atom. The molecule has 0 fully saturated rings. The molecule has 0 saturated carbocycles. The van der Waals surface area contributed by atoms with E-state index in [1.807, 2.05) is 13.8 Å². The molecule has 8 heteroatoms. The summed E-state index contributed by atoms with van der Waals surface area (Å²) in [6, 6.07) is 5.48. The molecule has 1 aromatic carbocycles. The van der Waals surface area contributed by atoms with Gasteiger partial charge >= 0.3 is 0 Å². The minimum Gasteiger partial charge on any atom is -0.382 e. The summed E-state index contributed by atoms with van der Waals surface area (Å²) in [7, 11) is 0. The second kappa shape index (κ2) is 6.80. The molecule has 0 aliphatic rings. The van der Waals surface area contributed by atoms with E-state index in [2.05, 4.69) is 38.2 Å². The number of nitrogens with zero attached hydrogens (tertiary/aromatic N) is 1. The molecule has 21 heavy (non-hydrogen) atoms. The van der Waals surface area contributed by atoms with E-state index < -0.39 is 0 Å². The van der Waals surface area contributed by atoms with E-state index in [-0.39, 0.29) is 17.8 Å². The molecule has 0 aliphatic heterocycles. The Balaban J connectivity index is 2.18. The lowest BCUT2D eigenvalue weighted by molar-refractivity contribution is 0.103. The molecule has 112 valence electrons. The van der Waals surface area contributed by atoms with Gasteiger partial charge in [0.1, 0.15) is 10.7 Å². The van der Waals surface area contributed by atoms with Crippen molar-refractivity contribution in [3.63, 3.8) is 0 Å². The van der Waals surface area contributed by atoms with Gasteiger partial charge in [-0.3, -0.25) is 4.79 Å². The Labute approximate surface area is 145 Å². The van der Waals surface area contributed by atoms with Gasteiger partial charge in [0.2, 0.25) is 0 Å². The Morgan fingerprint density at radius 3 is 2.81 bits per heavy atom. The van der Waals surface area contributed by atoms with Crippen molar-refractivity contribution in [1.82, 2.24) is 4.98 Å². The van der Waals surface area contributed by atoms with E-state index in [1.54, 1.807) is 18.2 Å². The van der Waals surface area contributed by atoms with Crippen molar-refractivity contribution in [1.29, 1.82) is 0 Å². The first kappa shape index (κ1) is 16.3. The minimum absolute atomic E-state index is 0.226.